The van der Waals surface area contributed by atoms with Gasteiger partial charge in [0.15, 0.2) is 0 Å². The Morgan fingerprint density at radius 1 is 1.03 bits per heavy atom. The van der Waals surface area contributed by atoms with Crippen molar-refractivity contribution in [2.24, 2.45) is 0 Å². The fourth-order valence-corrected chi connectivity index (χ4v) is 3.82. The molecule has 2 amide bonds. The third-order valence-electron chi connectivity index (χ3n) is 5.67. The molecule has 0 unspecified atom stereocenters. The van der Waals surface area contributed by atoms with Crippen LogP contribution < -0.4 is 10.1 Å². The molecule has 2 heterocycles. The lowest BCUT2D eigenvalue weighted by Gasteiger charge is -2.32. The largest absolute Gasteiger partial charge is 0.489 e. The van der Waals surface area contributed by atoms with Crippen molar-refractivity contribution < 1.29 is 14.3 Å². The van der Waals surface area contributed by atoms with Gasteiger partial charge >= 0.3 is 0 Å². The van der Waals surface area contributed by atoms with E-state index in [0.717, 1.165) is 5.56 Å². The van der Waals surface area contributed by atoms with Crippen LogP contribution in [0.2, 0.25) is 0 Å². The molecular weight excluding hydrogens is 416 g/mol. The molecule has 0 spiro atoms. The smallest absolute Gasteiger partial charge is 0.253 e. The summed E-state index contributed by atoms with van der Waals surface area (Å²) in [6.07, 6.45) is 4.62. The van der Waals surface area contributed by atoms with E-state index < -0.39 is 0 Å². The average molecular weight is 441 g/mol. The molecule has 7 heteroatoms. The lowest BCUT2D eigenvalue weighted by molar-refractivity contribution is 0.0698. The number of nitriles is 1. The molecule has 1 N–H and O–H groups in total. The van der Waals surface area contributed by atoms with Gasteiger partial charge in [-0.3, -0.25) is 14.6 Å². The molecule has 1 aliphatic heterocycles. The van der Waals surface area contributed by atoms with Crippen molar-refractivity contribution in [2.75, 3.05) is 13.1 Å². The van der Waals surface area contributed by atoms with Crippen molar-refractivity contribution in [2.45, 2.75) is 25.5 Å². The Hall–Kier alpha value is -4.18. The van der Waals surface area contributed by atoms with Crippen LogP contribution in [-0.2, 0) is 6.61 Å². The van der Waals surface area contributed by atoms with E-state index in [4.69, 9.17) is 4.74 Å². The first kappa shape index (κ1) is 22.0. The van der Waals surface area contributed by atoms with Crippen molar-refractivity contribution in [3.8, 4) is 11.8 Å². The Labute approximate surface area is 192 Å². The number of piperidine rings is 1. The number of pyridine rings is 1. The van der Waals surface area contributed by atoms with Gasteiger partial charge in [-0.1, -0.05) is 24.3 Å². The Balaban J connectivity index is 1.30. The van der Waals surface area contributed by atoms with Gasteiger partial charge in [-0.15, -0.1) is 0 Å². The van der Waals surface area contributed by atoms with Gasteiger partial charge in [0.1, 0.15) is 12.4 Å². The highest BCUT2D eigenvalue weighted by molar-refractivity contribution is 5.95. The summed E-state index contributed by atoms with van der Waals surface area (Å²) in [6, 6.07) is 19.9. The third-order valence-corrected chi connectivity index (χ3v) is 5.67. The number of amides is 2. The molecular formula is C26H24N4O3. The van der Waals surface area contributed by atoms with Crippen molar-refractivity contribution in [1.82, 2.24) is 15.2 Å². The van der Waals surface area contributed by atoms with Gasteiger partial charge in [-0.25, -0.2) is 0 Å². The second kappa shape index (κ2) is 10.4. The van der Waals surface area contributed by atoms with E-state index in [2.05, 4.69) is 16.4 Å². The van der Waals surface area contributed by atoms with Crippen LogP contribution >= 0.6 is 0 Å². The van der Waals surface area contributed by atoms with Gasteiger partial charge in [0, 0.05) is 48.2 Å². The molecule has 4 rings (SSSR count). The number of hydrogen-bond acceptors (Lipinski definition) is 5. The molecule has 33 heavy (non-hydrogen) atoms. The van der Waals surface area contributed by atoms with E-state index in [9.17, 15) is 14.9 Å². The summed E-state index contributed by atoms with van der Waals surface area (Å²) >= 11 is 0. The van der Waals surface area contributed by atoms with E-state index in [-0.39, 0.29) is 24.5 Å². The molecule has 3 aromatic rings. The molecule has 0 bridgehead atoms. The number of ether oxygens (including phenoxy) is 1. The van der Waals surface area contributed by atoms with E-state index in [0.29, 0.717) is 48.4 Å². The summed E-state index contributed by atoms with van der Waals surface area (Å²) in [5.74, 6) is 0.384. The molecule has 0 saturated carbocycles. The van der Waals surface area contributed by atoms with E-state index in [1.165, 1.54) is 0 Å². The maximum atomic E-state index is 12.8. The second-order valence-electron chi connectivity index (χ2n) is 7.86. The molecule has 0 aliphatic carbocycles. The van der Waals surface area contributed by atoms with E-state index in [1.807, 2.05) is 23.1 Å². The summed E-state index contributed by atoms with van der Waals surface area (Å²) < 4.78 is 5.82. The zero-order valence-corrected chi connectivity index (χ0v) is 18.1. The highest BCUT2D eigenvalue weighted by Crippen LogP contribution is 2.18. The molecule has 0 radical (unpaired) electrons. The maximum Gasteiger partial charge on any atom is 0.253 e. The minimum Gasteiger partial charge on any atom is -0.489 e. The van der Waals surface area contributed by atoms with Crippen LogP contribution in [0.15, 0.2) is 73.1 Å². The molecule has 0 atom stereocenters. The summed E-state index contributed by atoms with van der Waals surface area (Å²) in [7, 11) is 0. The zero-order valence-electron chi connectivity index (χ0n) is 18.1. The molecule has 2 aromatic carbocycles. The van der Waals surface area contributed by atoms with Gasteiger partial charge in [0.25, 0.3) is 11.8 Å². The zero-order chi connectivity index (χ0) is 23.0. The highest BCUT2D eigenvalue weighted by Gasteiger charge is 2.25. The van der Waals surface area contributed by atoms with Gasteiger partial charge in [0.05, 0.1) is 11.6 Å². The Bertz CT molecular complexity index is 1170. The number of hydrogen-bond donors (Lipinski definition) is 1. The average Bonchev–Trinajstić information content (AvgIpc) is 2.88. The Kier molecular flexibility index (Phi) is 6.96. The first-order valence-electron chi connectivity index (χ1n) is 10.8. The summed E-state index contributed by atoms with van der Waals surface area (Å²) in [5, 5.41) is 12.3. The lowest BCUT2D eigenvalue weighted by Crippen LogP contribution is -2.46. The number of rotatable bonds is 6. The van der Waals surface area contributed by atoms with E-state index in [1.54, 1.807) is 54.9 Å². The monoisotopic (exact) mass is 440 g/mol. The normalized spacial score (nSPS) is 13.7. The van der Waals surface area contributed by atoms with Gasteiger partial charge in [-0.05, 0) is 49.2 Å². The van der Waals surface area contributed by atoms with Crippen LogP contribution in [-0.4, -0.2) is 40.8 Å². The Morgan fingerprint density at radius 2 is 1.79 bits per heavy atom. The molecule has 1 fully saturated rings. The topological polar surface area (TPSA) is 95.3 Å². The predicted octanol–water partition coefficient (Wildman–Crippen LogP) is 3.57. The predicted molar refractivity (Wildman–Crippen MR) is 123 cm³/mol. The molecule has 1 saturated heterocycles. The number of nitrogens with zero attached hydrogens (tertiary/aromatic N) is 3. The molecule has 7 nitrogen and oxygen atoms in total. The SMILES string of the molecule is N#Cc1ccccc1COc1cccc(C(=O)NC2CCN(C(=O)c3ccncc3)CC2)c1. The van der Waals surface area contributed by atoms with Crippen LogP contribution in [0, 0.1) is 11.3 Å². The van der Waals surface area contributed by atoms with Gasteiger partial charge in [0.2, 0.25) is 0 Å². The number of likely N-dealkylation sites (tertiary alicyclic amines) is 1. The Morgan fingerprint density at radius 3 is 2.55 bits per heavy atom. The first-order valence-corrected chi connectivity index (χ1v) is 10.8. The summed E-state index contributed by atoms with van der Waals surface area (Å²) in [6.45, 7) is 1.43. The van der Waals surface area contributed by atoms with E-state index >= 15 is 0 Å². The number of benzene rings is 2. The fraction of sp³-hybridized carbons (Fsp3) is 0.231. The third kappa shape index (κ3) is 5.55. The highest BCUT2D eigenvalue weighted by atomic mass is 16.5. The van der Waals surface area contributed by atoms with Gasteiger partial charge in [-0.2, -0.15) is 5.26 Å². The van der Waals surface area contributed by atoms with Crippen LogP contribution in [0.25, 0.3) is 0 Å². The van der Waals surface area contributed by atoms with Crippen LogP contribution in [0.1, 0.15) is 44.7 Å². The molecule has 1 aliphatic rings. The second-order valence-corrected chi connectivity index (χ2v) is 7.86. The van der Waals surface area contributed by atoms with Gasteiger partial charge < -0.3 is 15.0 Å². The number of nitrogens with one attached hydrogen (secondary N) is 1. The standard InChI is InChI=1S/C26H24N4O3/c27-17-21-4-1-2-5-22(21)18-33-24-7-3-6-20(16-24)25(31)29-23-10-14-30(15-11-23)26(32)19-8-12-28-13-9-19/h1-9,12-13,16,23H,10-11,14-15,18H2,(H,29,31). The van der Waals surface area contributed by atoms with Crippen LogP contribution in [0.5, 0.6) is 5.75 Å². The number of carbonyl (C=O) groups is 2. The first-order chi connectivity index (χ1) is 16.1. The molecule has 166 valence electrons. The van der Waals surface area contributed by atoms with Crippen LogP contribution in [0.3, 0.4) is 0 Å². The number of carbonyl (C=O) groups excluding carboxylic acids is 2. The lowest BCUT2D eigenvalue weighted by atomic mass is 10.0. The van der Waals surface area contributed by atoms with Crippen molar-refractivity contribution in [3.63, 3.8) is 0 Å². The maximum absolute atomic E-state index is 12.8. The minimum absolute atomic E-state index is 0.00562. The quantitative estimate of drug-likeness (QED) is 0.632. The fourth-order valence-electron chi connectivity index (χ4n) is 3.82. The minimum atomic E-state index is -0.170. The van der Waals surface area contributed by atoms with Crippen molar-refractivity contribution in [3.05, 3.63) is 95.3 Å². The molecule has 1 aromatic heterocycles. The summed E-state index contributed by atoms with van der Waals surface area (Å²) in [4.78, 5) is 31.1. The van der Waals surface area contributed by atoms with Crippen molar-refractivity contribution in [1.29, 1.82) is 5.26 Å². The van der Waals surface area contributed by atoms with Crippen LogP contribution in [0.4, 0.5) is 0 Å². The summed E-state index contributed by atoms with van der Waals surface area (Å²) in [5.41, 5.74) is 2.50. The van der Waals surface area contributed by atoms with Crippen molar-refractivity contribution >= 4 is 11.8 Å². The number of aromatic nitrogens is 1.